The van der Waals surface area contributed by atoms with Gasteiger partial charge in [0.2, 0.25) is 0 Å². The van der Waals surface area contributed by atoms with Crippen LogP contribution in [0.15, 0.2) is 24.4 Å². The van der Waals surface area contributed by atoms with Crippen molar-refractivity contribution < 1.29 is 19.0 Å². The maximum Gasteiger partial charge on any atom is 0.338 e. The van der Waals surface area contributed by atoms with E-state index in [1.807, 2.05) is 12.3 Å². The van der Waals surface area contributed by atoms with E-state index in [4.69, 9.17) is 14.2 Å². The summed E-state index contributed by atoms with van der Waals surface area (Å²) in [5.41, 5.74) is 1.35. The molecule has 0 saturated carbocycles. The van der Waals surface area contributed by atoms with E-state index < -0.39 is 0 Å². The highest BCUT2D eigenvalue weighted by molar-refractivity contribution is 7.15. The summed E-state index contributed by atoms with van der Waals surface area (Å²) < 4.78 is 16.1. The van der Waals surface area contributed by atoms with Gasteiger partial charge in [-0.1, -0.05) is 6.92 Å². The SMILES string of the molecule is CCc1cnc(-c2cc(OC[C@@H]3CCOC3)cc(C(=O)OC)c2)s1. The van der Waals surface area contributed by atoms with Crippen LogP contribution in [-0.4, -0.2) is 37.9 Å². The molecule has 0 radical (unpaired) electrons. The number of carbonyl (C=O) groups is 1. The van der Waals surface area contributed by atoms with Crippen molar-refractivity contribution in [2.45, 2.75) is 19.8 Å². The fourth-order valence-corrected chi connectivity index (χ4v) is 3.41. The normalized spacial score (nSPS) is 17.0. The van der Waals surface area contributed by atoms with Gasteiger partial charge in [-0.15, -0.1) is 11.3 Å². The van der Waals surface area contributed by atoms with E-state index >= 15 is 0 Å². The molecule has 0 amide bonds. The lowest BCUT2D eigenvalue weighted by atomic mass is 10.1. The molecule has 1 fully saturated rings. The minimum absolute atomic E-state index is 0.377. The molecule has 6 heteroatoms. The number of aryl methyl sites for hydroxylation is 1. The molecule has 0 spiro atoms. The van der Waals surface area contributed by atoms with Crippen molar-refractivity contribution in [1.82, 2.24) is 4.98 Å². The Morgan fingerprint density at radius 1 is 1.42 bits per heavy atom. The van der Waals surface area contributed by atoms with Gasteiger partial charge in [-0.3, -0.25) is 0 Å². The van der Waals surface area contributed by atoms with Gasteiger partial charge in [0, 0.05) is 29.2 Å². The molecule has 0 aliphatic carbocycles. The van der Waals surface area contributed by atoms with E-state index in [1.165, 1.54) is 12.0 Å². The van der Waals surface area contributed by atoms with Crippen LogP contribution in [0.5, 0.6) is 5.75 Å². The number of methoxy groups -OCH3 is 1. The highest BCUT2D eigenvalue weighted by atomic mass is 32.1. The fourth-order valence-electron chi connectivity index (χ4n) is 2.57. The Labute approximate surface area is 145 Å². The Morgan fingerprint density at radius 2 is 2.29 bits per heavy atom. The molecule has 0 bridgehead atoms. The van der Waals surface area contributed by atoms with Gasteiger partial charge in [0.1, 0.15) is 10.8 Å². The van der Waals surface area contributed by atoms with Gasteiger partial charge in [0.25, 0.3) is 0 Å². The van der Waals surface area contributed by atoms with Gasteiger partial charge in [0.15, 0.2) is 0 Å². The lowest BCUT2D eigenvalue weighted by Crippen LogP contribution is -2.12. The average Bonchev–Trinajstić information content (AvgIpc) is 3.30. The van der Waals surface area contributed by atoms with Crippen molar-refractivity contribution in [3.63, 3.8) is 0 Å². The summed E-state index contributed by atoms with van der Waals surface area (Å²) in [7, 11) is 1.38. The number of esters is 1. The van der Waals surface area contributed by atoms with E-state index in [0.29, 0.717) is 23.8 Å². The second-order valence-electron chi connectivity index (χ2n) is 5.76. The molecule has 0 unspecified atom stereocenters. The smallest absolute Gasteiger partial charge is 0.338 e. The second kappa shape index (κ2) is 7.77. The van der Waals surface area contributed by atoms with E-state index in [0.717, 1.165) is 36.6 Å². The predicted molar refractivity (Wildman–Crippen MR) is 92.7 cm³/mol. The zero-order valence-electron chi connectivity index (χ0n) is 13.9. The fraction of sp³-hybridized carbons (Fsp3) is 0.444. The Hall–Kier alpha value is -1.92. The van der Waals surface area contributed by atoms with Gasteiger partial charge in [-0.2, -0.15) is 0 Å². The monoisotopic (exact) mass is 347 g/mol. The zero-order valence-corrected chi connectivity index (χ0v) is 14.7. The van der Waals surface area contributed by atoms with Crippen LogP contribution < -0.4 is 4.74 Å². The first-order valence-corrected chi connectivity index (χ1v) is 8.90. The van der Waals surface area contributed by atoms with E-state index in [2.05, 4.69) is 11.9 Å². The minimum Gasteiger partial charge on any atom is -0.493 e. The highest BCUT2D eigenvalue weighted by Crippen LogP contribution is 2.30. The topological polar surface area (TPSA) is 57.7 Å². The summed E-state index contributed by atoms with van der Waals surface area (Å²) in [6, 6.07) is 5.45. The lowest BCUT2D eigenvalue weighted by molar-refractivity contribution is 0.0600. The summed E-state index contributed by atoms with van der Waals surface area (Å²) in [6.45, 7) is 4.21. The first-order chi connectivity index (χ1) is 11.7. The lowest BCUT2D eigenvalue weighted by Gasteiger charge is -2.12. The maximum absolute atomic E-state index is 12.0. The summed E-state index contributed by atoms with van der Waals surface area (Å²) in [4.78, 5) is 17.6. The molecule has 5 nitrogen and oxygen atoms in total. The van der Waals surface area contributed by atoms with Gasteiger partial charge in [-0.25, -0.2) is 9.78 Å². The number of rotatable bonds is 6. The molecular weight excluding hydrogens is 326 g/mol. The van der Waals surface area contributed by atoms with Gasteiger partial charge < -0.3 is 14.2 Å². The van der Waals surface area contributed by atoms with Gasteiger partial charge in [-0.05, 0) is 31.0 Å². The molecule has 128 valence electrons. The number of hydrogen-bond acceptors (Lipinski definition) is 6. The van der Waals surface area contributed by atoms with Crippen LogP contribution in [0.2, 0.25) is 0 Å². The number of carbonyl (C=O) groups excluding carboxylic acids is 1. The average molecular weight is 347 g/mol. The Balaban J connectivity index is 1.86. The van der Waals surface area contributed by atoms with E-state index in [9.17, 15) is 4.79 Å². The van der Waals surface area contributed by atoms with Crippen molar-refractivity contribution in [1.29, 1.82) is 0 Å². The van der Waals surface area contributed by atoms with Crippen molar-refractivity contribution in [2.75, 3.05) is 26.9 Å². The first kappa shape index (κ1) is 16.9. The molecule has 0 N–H and O–H groups in total. The zero-order chi connectivity index (χ0) is 16.9. The van der Waals surface area contributed by atoms with Crippen molar-refractivity contribution in [3.8, 4) is 16.3 Å². The minimum atomic E-state index is -0.377. The number of ether oxygens (including phenoxy) is 3. The van der Waals surface area contributed by atoms with Crippen molar-refractivity contribution >= 4 is 17.3 Å². The van der Waals surface area contributed by atoms with E-state index in [1.54, 1.807) is 23.5 Å². The van der Waals surface area contributed by atoms with Crippen LogP contribution in [0.25, 0.3) is 10.6 Å². The number of thiazole rings is 1. The quantitative estimate of drug-likeness (QED) is 0.748. The van der Waals surface area contributed by atoms with Gasteiger partial charge >= 0.3 is 5.97 Å². The molecule has 1 aliphatic heterocycles. The Morgan fingerprint density at radius 3 is 2.96 bits per heavy atom. The molecule has 1 saturated heterocycles. The molecule has 2 aromatic rings. The maximum atomic E-state index is 12.0. The molecular formula is C18H21NO4S. The number of aromatic nitrogens is 1. The molecule has 3 rings (SSSR count). The summed E-state index contributed by atoms with van der Waals surface area (Å²) >= 11 is 1.63. The van der Waals surface area contributed by atoms with Crippen LogP contribution in [0, 0.1) is 5.92 Å². The molecule has 2 heterocycles. The third-order valence-electron chi connectivity index (χ3n) is 3.99. The second-order valence-corrected chi connectivity index (χ2v) is 6.88. The number of benzene rings is 1. The van der Waals surface area contributed by atoms with Crippen LogP contribution in [-0.2, 0) is 15.9 Å². The largest absolute Gasteiger partial charge is 0.493 e. The molecule has 1 aromatic heterocycles. The van der Waals surface area contributed by atoms with Crippen molar-refractivity contribution in [3.05, 3.63) is 34.8 Å². The molecule has 24 heavy (non-hydrogen) atoms. The first-order valence-electron chi connectivity index (χ1n) is 8.08. The standard InChI is InChI=1S/C18H21NO4S/c1-3-16-9-19-17(24-16)13-6-14(18(20)21-2)8-15(7-13)23-11-12-4-5-22-10-12/h6-9,12H,3-5,10-11H2,1-2H3/t12-/m1/s1. The number of hydrogen-bond donors (Lipinski definition) is 0. The Bertz CT molecular complexity index is 707. The number of nitrogens with zero attached hydrogens (tertiary/aromatic N) is 1. The molecule has 1 aliphatic rings. The van der Waals surface area contributed by atoms with E-state index in [-0.39, 0.29) is 5.97 Å². The third kappa shape index (κ3) is 3.94. The predicted octanol–water partition coefficient (Wildman–Crippen LogP) is 3.57. The summed E-state index contributed by atoms with van der Waals surface area (Å²) in [5.74, 6) is 0.688. The molecule has 1 aromatic carbocycles. The van der Waals surface area contributed by atoms with Crippen LogP contribution in [0.3, 0.4) is 0 Å². The third-order valence-corrected chi connectivity index (χ3v) is 5.18. The molecule has 1 atom stereocenters. The summed E-state index contributed by atoms with van der Waals surface area (Å²) in [6.07, 6.45) is 3.83. The van der Waals surface area contributed by atoms with Crippen LogP contribution >= 0.6 is 11.3 Å². The van der Waals surface area contributed by atoms with Crippen LogP contribution in [0.1, 0.15) is 28.6 Å². The van der Waals surface area contributed by atoms with Crippen molar-refractivity contribution in [2.24, 2.45) is 5.92 Å². The van der Waals surface area contributed by atoms with Gasteiger partial charge in [0.05, 0.1) is 25.9 Å². The summed E-state index contributed by atoms with van der Waals surface area (Å²) in [5, 5.41) is 0.881. The highest BCUT2D eigenvalue weighted by Gasteiger charge is 2.18. The van der Waals surface area contributed by atoms with Crippen LogP contribution in [0.4, 0.5) is 0 Å². The Kier molecular flexibility index (Phi) is 5.48.